The highest BCUT2D eigenvalue weighted by Crippen LogP contribution is 2.31. The van der Waals surface area contributed by atoms with Crippen LogP contribution >= 0.6 is 22.6 Å². The van der Waals surface area contributed by atoms with Crippen molar-refractivity contribution in [3.8, 4) is 11.5 Å². The number of nitrogens with zero attached hydrogens (tertiary/aromatic N) is 1. The van der Waals surface area contributed by atoms with Gasteiger partial charge in [0.1, 0.15) is 0 Å². The van der Waals surface area contributed by atoms with E-state index in [1.165, 1.54) is 5.56 Å². The number of rotatable bonds is 8. The summed E-state index contributed by atoms with van der Waals surface area (Å²) >= 11 is 2.13. The van der Waals surface area contributed by atoms with E-state index in [2.05, 4.69) is 58.9 Å². The van der Waals surface area contributed by atoms with Crippen molar-refractivity contribution in [1.82, 2.24) is 10.2 Å². The van der Waals surface area contributed by atoms with Crippen LogP contribution in [0.4, 0.5) is 0 Å². The van der Waals surface area contributed by atoms with Crippen LogP contribution in [-0.4, -0.2) is 38.6 Å². The number of amides is 1. The Kier molecular flexibility index (Phi) is 7.71. The number of hydrogen-bond donors (Lipinski definition) is 1. The molecule has 0 spiro atoms. The highest BCUT2D eigenvalue weighted by molar-refractivity contribution is 14.1. The first kappa shape index (κ1) is 20.5. The number of hydrogen-bond acceptors (Lipinski definition) is 4. The van der Waals surface area contributed by atoms with Gasteiger partial charge in [-0.25, -0.2) is 0 Å². The molecule has 1 amide bonds. The lowest BCUT2D eigenvalue weighted by Gasteiger charge is -2.15. The summed E-state index contributed by atoms with van der Waals surface area (Å²) in [5, 5.41) is 2.99. The van der Waals surface area contributed by atoms with Crippen LogP contribution < -0.4 is 14.8 Å². The fraction of sp³-hybridized carbons (Fsp3) is 0.350. The van der Waals surface area contributed by atoms with Gasteiger partial charge in [0, 0.05) is 16.7 Å². The average molecular weight is 468 g/mol. The monoisotopic (exact) mass is 468 g/mol. The molecule has 0 aromatic heterocycles. The molecule has 2 aromatic carbocycles. The molecular formula is C20H25IN2O3. The van der Waals surface area contributed by atoms with E-state index in [0.29, 0.717) is 23.6 Å². The molecule has 0 atom stereocenters. The first-order valence-corrected chi connectivity index (χ1v) is 9.52. The topological polar surface area (TPSA) is 50.8 Å². The smallest absolute Gasteiger partial charge is 0.252 e. The summed E-state index contributed by atoms with van der Waals surface area (Å²) in [6.07, 6.45) is 0. The third kappa shape index (κ3) is 5.35. The second kappa shape index (κ2) is 9.78. The minimum Gasteiger partial charge on any atom is -0.493 e. The maximum Gasteiger partial charge on any atom is 0.252 e. The molecule has 0 heterocycles. The van der Waals surface area contributed by atoms with Gasteiger partial charge >= 0.3 is 0 Å². The Labute approximate surface area is 168 Å². The number of halogens is 1. The SMILES string of the molecule is CCN(C)Cc1cccc(CNC(=O)c2cc(OC)c(OC)cc2I)c1. The quantitative estimate of drug-likeness (QED) is 0.601. The molecule has 2 aromatic rings. The minimum absolute atomic E-state index is 0.133. The molecule has 26 heavy (non-hydrogen) atoms. The Balaban J connectivity index is 2.08. The lowest BCUT2D eigenvalue weighted by Crippen LogP contribution is -2.24. The van der Waals surface area contributed by atoms with E-state index in [1.54, 1.807) is 26.4 Å². The van der Waals surface area contributed by atoms with Gasteiger partial charge in [-0.1, -0.05) is 31.2 Å². The van der Waals surface area contributed by atoms with E-state index >= 15 is 0 Å². The molecule has 0 fully saturated rings. The van der Waals surface area contributed by atoms with Crippen LogP contribution in [0.3, 0.4) is 0 Å². The van der Waals surface area contributed by atoms with E-state index < -0.39 is 0 Å². The van der Waals surface area contributed by atoms with Crippen molar-refractivity contribution in [2.75, 3.05) is 27.8 Å². The Bertz CT molecular complexity index is 765. The van der Waals surface area contributed by atoms with E-state index in [0.717, 1.165) is 22.2 Å². The molecule has 0 aliphatic carbocycles. The van der Waals surface area contributed by atoms with Gasteiger partial charge in [0.05, 0.1) is 19.8 Å². The molecule has 0 aliphatic rings. The van der Waals surface area contributed by atoms with Crippen molar-refractivity contribution < 1.29 is 14.3 Å². The van der Waals surface area contributed by atoms with Gasteiger partial charge in [0.25, 0.3) is 5.91 Å². The lowest BCUT2D eigenvalue weighted by molar-refractivity contribution is 0.0949. The first-order chi connectivity index (χ1) is 12.5. The summed E-state index contributed by atoms with van der Waals surface area (Å²) in [5.74, 6) is 1.02. The van der Waals surface area contributed by atoms with Gasteiger partial charge in [-0.3, -0.25) is 4.79 Å². The van der Waals surface area contributed by atoms with Crippen LogP contribution in [0.5, 0.6) is 11.5 Å². The fourth-order valence-electron chi connectivity index (χ4n) is 2.57. The van der Waals surface area contributed by atoms with Crippen LogP contribution in [-0.2, 0) is 13.1 Å². The second-order valence-electron chi connectivity index (χ2n) is 6.02. The van der Waals surface area contributed by atoms with Crippen molar-refractivity contribution in [3.63, 3.8) is 0 Å². The molecule has 0 aliphatic heterocycles. The highest BCUT2D eigenvalue weighted by atomic mass is 127. The van der Waals surface area contributed by atoms with Gasteiger partial charge in [-0.2, -0.15) is 0 Å². The average Bonchev–Trinajstić information content (AvgIpc) is 2.65. The molecule has 0 saturated carbocycles. The zero-order chi connectivity index (χ0) is 19.1. The summed E-state index contributed by atoms with van der Waals surface area (Å²) < 4.78 is 11.4. The van der Waals surface area contributed by atoms with Gasteiger partial charge in [0.15, 0.2) is 11.5 Å². The number of methoxy groups -OCH3 is 2. The Morgan fingerprint density at radius 1 is 1.12 bits per heavy atom. The van der Waals surface area contributed by atoms with Crippen LogP contribution in [0.2, 0.25) is 0 Å². The zero-order valence-electron chi connectivity index (χ0n) is 15.6. The normalized spacial score (nSPS) is 10.7. The van der Waals surface area contributed by atoms with Crippen molar-refractivity contribution >= 4 is 28.5 Å². The van der Waals surface area contributed by atoms with Crippen molar-refractivity contribution in [2.45, 2.75) is 20.0 Å². The summed E-state index contributed by atoms with van der Waals surface area (Å²) in [4.78, 5) is 14.8. The van der Waals surface area contributed by atoms with Crippen LogP contribution in [0.1, 0.15) is 28.4 Å². The molecule has 0 radical (unpaired) electrons. The maximum absolute atomic E-state index is 12.6. The van der Waals surface area contributed by atoms with Gasteiger partial charge in [-0.05, 0) is 59.4 Å². The van der Waals surface area contributed by atoms with Crippen molar-refractivity contribution in [1.29, 1.82) is 0 Å². The molecule has 0 saturated heterocycles. The lowest BCUT2D eigenvalue weighted by atomic mass is 10.1. The van der Waals surface area contributed by atoms with Crippen LogP contribution in [0.25, 0.3) is 0 Å². The Morgan fingerprint density at radius 3 is 2.42 bits per heavy atom. The van der Waals surface area contributed by atoms with E-state index in [4.69, 9.17) is 9.47 Å². The Morgan fingerprint density at radius 2 is 1.77 bits per heavy atom. The molecule has 1 N–H and O–H groups in total. The van der Waals surface area contributed by atoms with Crippen molar-refractivity contribution in [2.24, 2.45) is 0 Å². The van der Waals surface area contributed by atoms with Crippen LogP contribution in [0, 0.1) is 3.57 Å². The van der Waals surface area contributed by atoms with Gasteiger partial charge < -0.3 is 19.7 Å². The number of nitrogens with one attached hydrogen (secondary N) is 1. The summed E-state index contributed by atoms with van der Waals surface area (Å²) in [6, 6.07) is 11.8. The highest BCUT2D eigenvalue weighted by Gasteiger charge is 2.15. The number of carbonyl (C=O) groups excluding carboxylic acids is 1. The van der Waals surface area contributed by atoms with Crippen molar-refractivity contribution in [3.05, 3.63) is 56.7 Å². The van der Waals surface area contributed by atoms with E-state index in [-0.39, 0.29) is 5.91 Å². The molecule has 2 rings (SSSR count). The molecule has 0 bridgehead atoms. The summed E-state index contributed by atoms with van der Waals surface area (Å²) in [5.41, 5.74) is 2.89. The molecule has 6 heteroatoms. The molecular weight excluding hydrogens is 443 g/mol. The molecule has 0 unspecified atom stereocenters. The van der Waals surface area contributed by atoms with Crippen LogP contribution in [0.15, 0.2) is 36.4 Å². The molecule has 140 valence electrons. The van der Waals surface area contributed by atoms with Gasteiger partial charge in [0.2, 0.25) is 0 Å². The van der Waals surface area contributed by atoms with E-state index in [1.807, 2.05) is 12.1 Å². The number of ether oxygens (including phenoxy) is 2. The second-order valence-corrected chi connectivity index (χ2v) is 7.18. The number of carbonyl (C=O) groups is 1. The Hall–Kier alpha value is -1.80. The number of benzene rings is 2. The first-order valence-electron chi connectivity index (χ1n) is 8.44. The zero-order valence-corrected chi connectivity index (χ0v) is 17.8. The predicted molar refractivity (Wildman–Crippen MR) is 112 cm³/mol. The van der Waals surface area contributed by atoms with Gasteiger partial charge in [-0.15, -0.1) is 0 Å². The third-order valence-corrected chi connectivity index (χ3v) is 5.05. The summed E-state index contributed by atoms with van der Waals surface area (Å²) in [7, 11) is 5.23. The van der Waals surface area contributed by atoms with E-state index in [9.17, 15) is 4.79 Å². The summed E-state index contributed by atoms with van der Waals surface area (Å²) in [6.45, 7) is 4.51. The third-order valence-electron chi connectivity index (χ3n) is 4.15. The standard InChI is InChI=1S/C20H25IN2O3/c1-5-23(2)13-15-8-6-7-14(9-15)12-22-20(24)16-10-18(25-3)19(26-4)11-17(16)21/h6-11H,5,12-13H2,1-4H3,(H,22,24). The fourth-order valence-corrected chi connectivity index (χ4v) is 3.25. The predicted octanol–water partition coefficient (Wildman–Crippen LogP) is 3.69. The minimum atomic E-state index is -0.133. The molecule has 5 nitrogen and oxygen atoms in total. The maximum atomic E-state index is 12.6. The largest absolute Gasteiger partial charge is 0.493 e.